The largest absolute Gasteiger partial charge is 0.379 e. The number of halogens is 3. The maximum atomic E-state index is 14.8. The number of amides is 1. The van der Waals surface area contributed by atoms with Crippen molar-refractivity contribution < 1.29 is 18.0 Å². The lowest BCUT2D eigenvalue weighted by Gasteiger charge is -2.36. The van der Waals surface area contributed by atoms with Gasteiger partial charge in [0.05, 0.1) is 5.54 Å². The standard InChI is InChI=1S/C20H19F3N4OS/c21-15-5-4-13(26-18(28)16-6-3-11(9-25-16)17(22)23)8-14(15)20-7-1-2-12(20)10-29-19(24)27-20/h3-6,8-9,12,17H,1-2,7,10H2,(H2,24,27)(H,26,28)/t12-,20-/m0/s1. The van der Waals surface area contributed by atoms with E-state index in [2.05, 4.69) is 15.3 Å². The molecule has 1 aromatic heterocycles. The highest BCUT2D eigenvalue weighted by Gasteiger charge is 2.48. The number of fused-ring (bicyclic) bond motifs is 1. The Bertz CT molecular complexity index is 967. The number of pyridine rings is 1. The fourth-order valence-electron chi connectivity index (χ4n) is 4.06. The Morgan fingerprint density at radius 3 is 2.86 bits per heavy atom. The molecule has 2 aromatic rings. The number of thioether (sulfide) groups is 1. The number of carbonyl (C=O) groups excluding carboxylic acids is 1. The highest BCUT2D eigenvalue weighted by atomic mass is 32.2. The van der Waals surface area contributed by atoms with Gasteiger partial charge in [0.15, 0.2) is 5.17 Å². The van der Waals surface area contributed by atoms with Crippen LogP contribution in [0.2, 0.25) is 0 Å². The van der Waals surface area contributed by atoms with Crippen LogP contribution in [0.5, 0.6) is 0 Å². The first kappa shape index (κ1) is 19.8. The van der Waals surface area contributed by atoms with Crippen molar-refractivity contribution in [3.63, 3.8) is 0 Å². The summed E-state index contributed by atoms with van der Waals surface area (Å²) >= 11 is 1.48. The van der Waals surface area contributed by atoms with Gasteiger partial charge in [0, 0.05) is 28.8 Å². The average molecular weight is 420 g/mol. The third-order valence-electron chi connectivity index (χ3n) is 5.49. The molecule has 5 nitrogen and oxygen atoms in total. The van der Waals surface area contributed by atoms with Crippen LogP contribution in [0.4, 0.5) is 18.9 Å². The summed E-state index contributed by atoms with van der Waals surface area (Å²) in [4.78, 5) is 20.9. The molecular weight excluding hydrogens is 401 g/mol. The number of rotatable bonds is 4. The minimum absolute atomic E-state index is 0.00601. The van der Waals surface area contributed by atoms with E-state index in [4.69, 9.17) is 5.73 Å². The van der Waals surface area contributed by atoms with Crippen LogP contribution >= 0.6 is 11.8 Å². The molecule has 9 heteroatoms. The molecule has 1 aromatic carbocycles. The Hall–Kier alpha value is -2.55. The number of alkyl halides is 2. The van der Waals surface area contributed by atoms with E-state index in [1.165, 1.54) is 30.0 Å². The molecule has 2 aliphatic rings. The minimum Gasteiger partial charge on any atom is -0.379 e. The van der Waals surface area contributed by atoms with Gasteiger partial charge >= 0.3 is 0 Å². The lowest BCUT2D eigenvalue weighted by atomic mass is 9.81. The van der Waals surface area contributed by atoms with Gasteiger partial charge in [0.1, 0.15) is 11.5 Å². The topological polar surface area (TPSA) is 80.4 Å². The van der Waals surface area contributed by atoms with E-state index in [1.54, 1.807) is 6.07 Å². The average Bonchev–Trinajstić information content (AvgIpc) is 3.13. The summed E-state index contributed by atoms with van der Waals surface area (Å²) in [7, 11) is 0. The molecule has 1 amide bonds. The number of carbonyl (C=O) groups is 1. The smallest absolute Gasteiger partial charge is 0.274 e. The SMILES string of the molecule is NC1=N[C@@]2(c3cc(NC(=O)c4ccc(C(F)F)cn4)ccc3F)CCC[C@H]2CS1. The maximum absolute atomic E-state index is 14.8. The zero-order valence-corrected chi connectivity index (χ0v) is 16.2. The monoisotopic (exact) mass is 420 g/mol. The second-order valence-electron chi connectivity index (χ2n) is 7.20. The van der Waals surface area contributed by atoms with E-state index in [-0.39, 0.29) is 17.2 Å². The predicted octanol–water partition coefficient (Wildman–Crippen LogP) is 4.47. The lowest BCUT2D eigenvalue weighted by molar-refractivity contribution is 0.102. The van der Waals surface area contributed by atoms with E-state index >= 15 is 0 Å². The number of anilines is 1. The van der Waals surface area contributed by atoms with Crippen molar-refractivity contribution >= 4 is 28.5 Å². The number of benzene rings is 1. The van der Waals surface area contributed by atoms with Gasteiger partial charge in [-0.2, -0.15) is 0 Å². The summed E-state index contributed by atoms with van der Waals surface area (Å²) in [6.07, 6.45) is 0.886. The number of aromatic nitrogens is 1. The second-order valence-corrected chi connectivity index (χ2v) is 8.24. The Labute approximate surface area is 170 Å². The molecule has 0 spiro atoms. The first-order valence-corrected chi connectivity index (χ1v) is 10.2. The van der Waals surface area contributed by atoms with Gasteiger partial charge in [-0.1, -0.05) is 18.2 Å². The van der Waals surface area contributed by atoms with Crippen LogP contribution in [0, 0.1) is 11.7 Å². The number of amidine groups is 1. The Morgan fingerprint density at radius 1 is 1.31 bits per heavy atom. The molecule has 2 heterocycles. The molecule has 152 valence electrons. The molecule has 0 saturated heterocycles. The molecule has 0 bridgehead atoms. The summed E-state index contributed by atoms with van der Waals surface area (Å²) in [5, 5.41) is 3.11. The fourth-order valence-corrected chi connectivity index (χ4v) is 5.10. The lowest BCUT2D eigenvalue weighted by Crippen LogP contribution is -2.37. The summed E-state index contributed by atoms with van der Waals surface area (Å²) in [5.74, 6) is 0.0128. The molecule has 0 unspecified atom stereocenters. The zero-order valence-electron chi connectivity index (χ0n) is 15.4. The summed E-state index contributed by atoms with van der Waals surface area (Å²) in [6, 6.07) is 6.73. The van der Waals surface area contributed by atoms with Crippen LogP contribution in [0.25, 0.3) is 0 Å². The van der Waals surface area contributed by atoms with Crippen LogP contribution in [-0.2, 0) is 5.54 Å². The highest BCUT2D eigenvalue weighted by Crippen LogP contribution is 2.51. The van der Waals surface area contributed by atoms with Crippen LogP contribution in [0.3, 0.4) is 0 Å². The van der Waals surface area contributed by atoms with Gasteiger partial charge in [-0.15, -0.1) is 0 Å². The maximum Gasteiger partial charge on any atom is 0.274 e. The first-order valence-electron chi connectivity index (χ1n) is 9.22. The molecule has 1 aliphatic heterocycles. The Kier molecular flexibility index (Phi) is 5.24. The van der Waals surface area contributed by atoms with E-state index in [9.17, 15) is 18.0 Å². The van der Waals surface area contributed by atoms with Crippen molar-refractivity contribution in [2.45, 2.75) is 31.2 Å². The van der Waals surface area contributed by atoms with Gasteiger partial charge in [-0.25, -0.2) is 13.2 Å². The second kappa shape index (κ2) is 7.70. The van der Waals surface area contributed by atoms with Crippen LogP contribution in [0.1, 0.15) is 47.3 Å². The predicted molar refractivity (Wildman–Crippen MR) is 107 cm³/mol. The van der Waals surface area contributed by atoms with Gasteiger partial charge in [-0.05, 0) is 49.1 Å². The van der Waals surface area contributed by atoms with Crippen molar-refractivity contribution in [2.24, 2.45) is 16.6 Å². The fraction of sp³-hybridized carbons (Fsp3) is 0.350. The third kappa shape index (κ3) is 3.71. The van der Waals surface area contributed by atoms with Crippen LogP contribution in [0.15, 0.2) is 41.5 Å². The van der Waals surface area contributed by atoms with Crippen molar-refractivity contribution in [1.82, 2.24) is 4.98 Å². The number of hydrogen-bond donors (Lipinski definition) is 2. The molecule has 2 atom stereocenters. The Morgan fingerprint density at radius 2 is 2.14 bits per heavy atom. The van der Waals surface area contributed by atoms with E-state index in [0.717, 1.165) is 30.9 Å². The van der Waals surface area contributed by atoms with E-state index in [0.29, 0.717) is 22.8 Å². The zero-order chi connectivity index (χ0) is 20.6. The highest BCUT2D eigenvalue weighted by molar-refractivity contribution is 8.13. The van der Waals surface area contributed by atoms with Crippen molar-refractivity contribution in [3.8, 4) is 0 Å². The molecule has 1 fully saturated rings. The van der Waals surface area contributed by atoms with Gasteiger partial charge in [0.2, 0.25) is 0 Å². The van der Waals surface area contributed by atoms with Gasteiger partial charge in [-0.3, -0.25) is 14.8 Å². The van der Waals surface area contributed by atoms with Gasteiger partial charge < -0.3 is 11.1 Å². The number of nitrogens with one attached hydrogen (secondary N) is 1. The summed E-state index contributed by atoms with van der Waals surface area (Å²) < 4.78 is 40.1. The van der Waals surface area contributed by atoms with Crippen LogP contribution in [-0.4, -0.2) is 21.8 Å². The quantitative estimate of drug-likeness (QED) is 0.765. The first-order chi connectivity index (χ1) is 13.9. The number of hydrogen-bond acceptors (Lipinski definition) is 5. The summed E-state index contributed by atoms with van der Waals surface area (Å²) in [6.45, 7) is 0. The van der Waals surface area contributed by atoms with E-state index < -0.39 is 23.7 Å². The Balaban J connectivity index is 1.62. The molecule has 4 rings (SSSR count). The molecule has 1 aliphatic carbocycles. The number of nitrogens with two attached hydrogens (primary N) is 1. The third-order valence-corrected chi connectivity index (χ3v) is 6.45. The normalized spacial score (nSPS) is 23.6. The van der Waals surface area contributed by atoms with Gasteiger partial charge in [0.25, 0.3) is 12.3 Å². The van der Waals surface area contributed by atoms with Crippen LogP contribution < -0.4 is 11.1 Å². The van der Waals surface area contributed by atoms with Crippen molar-refractivity contribution in [3.05, 3.63) is 59.2 Å². The molecule has 0 radical (unpaired) electrons. The van der Waals surface area contributed by atoms with Crippen molar-refractivity contribution in [2.75, 3.05) is 11.1 Å². The number of aliphatic imine (C=N–C) groups is 1. The summed E-state index contributed by atoms with van der Waals surface area (Å²) in [5.41, 5.74) is 5.78. The van der Waals surface area contributed by atoms with Crippen molar-refractivity contribution in [1.29, 1.82) is 0 Å². The molecule has 29 heavy (non-hydrogen) atoms. The minimum atomic E-state index is -2.65. The molecular formula is C20H19F3N4OS. The molecule has 1 saturated carbocycles. The van der Waals surface area contributed by atoms with E-state index in [1.807, 2.05) is 0 Å². The number of nitrogens with zero attached hydrogens (tertiary/aromatic N) is 2. The molecule has 3 N–H and O–H groups in total.